The molecule has 25 heavy (non-hydrogen) atoms. The van der Waals surface area contributed by atoms with E-state index in [2.05, 4.69) is 39.2 Å². The van der Waals surface area contributed by atoms with Gasteiger partial charge in [-0.25, -0.2) is 0 Å². The summed E-state index contributed by atoms with van der Waals surface area (Å²) in [5.41, 5.74) is 0.556. The van der Waals surface area contributed by atoms with Crippen LogP contribution in [0, 0.1) is 17.8 Å². The molecule has 0 amide bonds. The van der Waals surface area contributed by atoms with Gasteiger partial charge in [0.2, 0.25) is 0 Å². The van der Waals surface area contributed by atoms with Crippen LogP contribution in [-0.2, 0) is 4.43 Å². The maximum absolute atomic E-state index is 6.29. The highest BCUT2D eigenvalue weighted by atomic mass is 28.4. The lowest BCUT2D eigenvalue weighted by Gasteiger charge is -2.57. The number of unbranched alkanes of at least 4 members (excludes halogenated alkanes) is 3. The predicted molar refractivity (Wildman–Crippen MR) is 111 cm³/mol. The van der Waals surface area contributed by atoms with Gasteiger partial charge >= 0.3 is 0 Å². The molecule has 4 fully saturated rings. The molecular weight excluding hydrogens is 322 g/mol. The van der Waals surface area contributed by atoms with Crippen LogP contribution >= 0.6 is 0 Å². The van der Waals surface area contributed by atoms with Crippen molar-refractivity contribution in [2.24, 2.45) is 17.8 Å². The van der Waals surface area contributed by atoms with Crippen molar-refractivity contribution in [3.63, 3.8) is 0 Å². The summed E-state index contributed by atoms with van der Waals surface area (Å²) in [5.74, 6) is 3.18. The zero-order valence-electron chi connectivity index (χ0n) is 17.6. The van der Waals surface area contributed by atoms with Crippen LogP contribution in [-0.4, -0.2) is 27.0 Å². The summed E-state index contributed by atoms with van der Waals surface area (Å²) in [5, 5.41) is 4.38. The topological polar surface area (TPSA) is 21.3 Å². The Hall–Kier alpha value is 0.137. The van der Waals surface area contributed by atoms with Gasteiger partial charge in [-0.3, -0.25) is 0 Å². The van der Waals surface area contributed by atoms with Gasteiger partial charge in [0.1, 0.15) is 0 Å². The van der Waals surface area contributed by atoms with Gasteiger partial charge in [0, 0.05) is 12.1 Å². The highest BCUT2D eigenvalue weighted by Crippen LogP contribution is 2.55. The lowest BCUT2D eigenvalue weighted by molar-refractivity contribution is -0.0196. The second-order valence-electron chi connectivity index (χ2n) is 11.1. The van der Waals surface area contributed by atoms with Crippen molar-refractivity contribution in [3.05, 3.63) is 0 Å². The molecule has 0 aliphatic heterocycles. The van der Waals surface area contributed by atoms with E-state index in [0.29, 0.717) is 10.6 Å². The molecule has 4 aliphatic rings. The van der Waals surface area contributed by atoms with E-state index in [4.69, 9.17) is 4.43 Å². The van der Waals surface area contributed by atoms with Crippen molar-refractivity contribution in [2.75, 3.05) is 13.2 Å². The van der Waals surface area contributed by atoms with Gasteiger partial charge < -0.3 is 9.74 Å². The Kier molecular flexibility index (Phi) is 6.07. The average molecular weight is 366 g/mol. The van der Waals surface area contributed by atoms with Crippen molar-refractivity contribution in [1.29, 1.82) is 0 Å². The fraction of sp³-hybridized carbons (Fsp3) is 1.00. The molecular formula is C22H43NOSi. The van der Waals surface area contributed by atoms with Crippen LogP contribution < -0.4 is 5.32 Å². The van der Waals surface area contributed by atoms with Crippen molar-refractivity contribution in [2.45, 2.75) is 109 Å². The first-order chi connectivity index (χ1) is 11.7. The van der Waals surface area contributed by atoms with Gasteiger partial charge in [0.15, 0.2) is 8.32 Å². The minimum absolute atomic E-state index is 0.342. The Labute approximate surface area is 158 Å². The fourth-order valence-corrected chi connectivity index (χ4v) is 6.89. The van der Waals surface area contributed by atoms with Crippen molar-refractivity contribution < 1.29 is 4.43 Å². The van der Waals surface area contributed by atoms with Gasteiger partial charge in [-0.2, -0.15) is 0 Å². The van der Waals surface area contributed by atoms with Crippen LogP contribution in [0.25, 0.3) is 0 Å². The molecule has 4 aliphatic carbocycles. The van der Waals surface area contributed by atoms with Gasteiger partial charge in [0.05, 0.1) is 0 Å². The van der Waals surface area contributed by atoms with Crippen LogP contribution in [0.1, 0.15) is 85.0 Å². The van der Waals surface area contributed by atoms with E-state index in [1.165, 1.54) is 51.5 Å². The van der Waals surface area contributed by atoms with E-state index in [-0.39, 0.29) is 0 Å². The first-order valence-electron chi connectivity index (χ1n) is 11.1. The molecule has 0 unspecified atom stereocenters. The molecule has 0 aromatic rings. The van der Waals surface area contributed by atoms with Crippen LogP contribution in [0.5, 0.6) is 0 Å². The third kappa shape index (κ3) is 4.90. The Bertz CT molecular complexity index is 405. The van der Waals surface area contributed by atoms with Crippen molar-refractivity contribution in [3.8, 4) is 0 Å². The number of nitrogens with one attached hydrogen (secondary N) is 1. The normalized spacial score (nSPS) is 34.7. The highest BCUT2D eigenvalue weighted by molar-refractivity contribution is 6.74. The molecule has 1 N–H and O–H groups in total. The molecule has 0 aromatic heterocycles. The summed E-state index contributed by atoms with van der Waals surface area (Å²) in [4.78, 5) is 0. The largest absolute Gasteiger partial charge is 0.417 e. The number of hydrogen-bond acceptors (Lipinski definition) is 2. The Morgan fingerprint density at radius 3 is 1.92 bits per heavy atom. The van der Waals surface area contributed by atoms with E-state index in [9.17, 15) is 0 Å². The van der Waals surface area contributed by atoms with Crippen LogP contribution in [0.15, 0.2) is 0 Å². The van der Waals surface area contributed by atoms with Crippen molar-refractivity contribution >= 4 is 8.32 Å². The first kappa shape index (κ1) is 19.9. The summed E-state index contributed by atoms with van der Waals surface area (Å²) in [7, 11) is -1.53. The molecule has 0 heterocycles. The second kappa shape index (κ2) is 7.64. The Balaban J connectivity index is 1.25. The smallest absolute Gasteiger partial charge is 0.191 e. The van der Waals surface area contributed by atoms with Crippen molar-refractivity contribution in [1.82, 2.24) is 5.32 Å². The van der Waals surface area contributed by atoms with Crippen LogP contribution in [0.3, 0.4) is 0 Å². The molecule has 3 heteroatoms. The Morgan fingerprint density at radius 2 is 1.40 bits per heavy atom. The van der Waals surface area contributed by atoms with E-state index in [1.807, 2.05) is 0 Å². The molecule has 0 saturated heterocycles. The summed E-state index contributed by atoms with van der Waals surface area (Å²) >= 11 is 0. The van der Waals surface area contributed by atoms with Gasteiger partial charge in [-0.15, -0.1) is 0 Å². The standard InChI is InChI=1S/C22H43NOSi/c1-21(2,3)25(4,5)24-11-9-7-6-8-10-23-22-15-18-12-19(16-22)14-20(13-18)17-22/h18-20,23H,6-17H2,1-5H3. The molecule has 4 saturated carbocycles. The average Bonchev–Trinajstić information content (AvgIpc) is 2.47. The molecule has 0 spiro atoms. The maximum Gasteiger partial charge on any atom is 0.191 e. The minimum Gasteiger partial charge on any atom is -0.417 e. The second-order valence-corrected chi connectivity index (χ2v) is 16.0. The van der Waals surface area contributed by atoms with Crippen LogP contribution in [0.2, 0.25) is 18.1 Å². The lowest BCUT2D eigenvalue weighted by atomic mass is 9.53. The van der Waals surface area contributed by atoms with E-state index >= 15 is 0 Å². The zero-order chi connectivity index (χ0) is 18.1. The zero-order valence-corrected chi connectivity index (χ0v) is 18.6. The molecule has 4 bridgehead atoms. The molecule has 0 radical (unpaired) electrons. The molecule has 4 rings (SSSR count). The molecule has 0 aromatic carbocycles. The highest BCUT2D eigenvalue weighted by Gasteiger charge is 2.50. The first-order valence-corrected chi connectivity index (χ1v) is 14.0. The quantitative estimate of drug-likeness (QED) is 0.392. The van der Waals surface area contributed by atoms with E-state index in [0.717, 1.165) is 24.4 Å². The van der Waals surface area contributed by atoms with E-state index < -0.39 is 8.32 Å². The summed E-state index contributed by atoms with van der Waals surface area (Å²) in [6, 6.07) is 0. The molecule has 146 valence electrons. The summed E-state index contributed by atoms with van der Waals surface area (Å²) in [6.45, 7) is 13.9. The van der Waals surface area contributed by atoms with Crippen LogP contribution in [0.4, 0.5) is 0 Å². The SMILES string of the molecule is CC(C)(C)[Si](C)(C)OCCCCCCNC12CC3CC(CC(C3)C1)C2. The van der Waals surface area contributed by atoms with Gasteiger partial charge in [0.25, 0.3) is 0 Å². The Morgan fingerprint density at radius 1 is 0.880 bits per heavy atom. The number of hydrogen-bond donors (Lipinski definition) is 1. The molecule has 2 nitrogen and oxygen atoms in total. The van der Waals surface area contributed by atoms with Gasteiger partial charge in [-0.05, 0) is 93.8 Å². The lowest BCUT2D eigenvalue weighted by Crippen LogP contribution is -2.58. The third-order valence-corrected chi connectivity index (χ3v) is 12.4. The fourth-order valence-electron chi connectivity index (χ4n) is 5.81. The summed E-state index contributed by atoms with van der Waals surface area (Å²) in [6.07, 6.45) is 14.4. The third-order valence-electron chi connectivity index (χ3n) is 7.88. The predicted octanol–water partition coefficient (Wildman–Crippen LogP) is 6.13. The molecule has 0 atom stereocenters. The maximum atomic E-state index is 6.29. The van der Waals surface area contributed by atoms with E-state index in [1.54, 1.807) is 19.3 Å². The van der Waals surface area contributed by atoms with Gasteiger partial charge in [-0.1, -0.05) is 33.6 Å². The monoisotopic (exact) mass is 365 g/mol. The minimum atomic E-state index is -1.53. The summed E-state index contributed by atoms with van der Waals surface area (Å²) < 4.78 is 6.29. The number of rotatable bonds is 9.